The second-order valence-electron chi connectivity index (χ2n) is 5.40. The summed E-state index contributed by atoms with van der Waals surface area (Å²) in [5.41, 5.74) is 1.84. The van der Waals surface area contributed by atoms with E-state index in [-0.39, 0.29) is 0 Å². The minimum Gasteiger partial charge on any atom is -0.347 e. The summed E-state index contributed by atoms with van der Waals surface area (Å²) >= 11 is 3.33. The summed E-state index contributed by atoms with van der Waals surface area (Å²) in [4.78, 5) is 26.2. The van der Waals surface area contributed by atoms with E-state index in [0.717, 1.165) is 4.88 Å². The zero-order valence-electron chi connectivity index (χ0n) is 13.7. The lowest BCUT2D eigenvalue weighted by molar-refractivity contribution is -0.136. The first-order valence-electron chi connectivity index (χ1n) is 7.87. The summed E-state index contributed by atoms with van der Waals surface area (Å²) in [5.74, 6) is -1.50. The smallest absolute Gasteiger partial charge is 0.313 e. The third-order valence-corrected chi connectivity index (χ3v) is 5.50. The standard InChI is InChI=1S/C19H15N3O2S2/c20-11-13-3-1-2-4-16(13)22-19(24)18(23)21-9-7-15-5-6-17(26-15)14-8-10-25-12-14/h1-6,8,10,12H,7,9H2,(H,21,23)(H,22,24). The zero-order chi connectivity index (χ0) is 18.4. The minimum absolute atomic E-state index is 0.313. The lowest BCUT2D eigenvalue weighted by atomic mass is 10.2. The van der Waals surface area contributed by atoms with Crippen LogP contribution in [0.2, 0.25) is 0 Å². The van der Waals surface area contributed by atoms with Gasteiger partial charge in [-0.05, 0) is 47.5 Å². The van der Waals surface area contributed by atoms with Gasteiger partial charge in [-0.25, -0.2) is 0 Å². The normalized spacial score (nSPS) is 10.1. The molecule has 0 unspecified atom stereocenters. The Morgan fingerprint density at radius 1 is 1.08 bits per heavy atom. The van der Waals surface area contributed by atoms with E-state index < -0.39 is 11.8 Å². The lowest BCUT2D eigenvalue weighted by Crippen LogP contribution is -2.36. The fourth-order valence-corrected chi connectivity index (χ4v) is 4.05. The Morgan fingerprint density at radius 2 is 1.92 bits per heavy atom. The molecule has 3 aromatic rings. The predicted molar refractivity (Wildman–Crippen MR) is 104 cm³/mol. The van der Waals surface area contributed by atoms with Crippen molar-refractivity contribution in [3.63, 3.8) is 0 Å². The van der Waals surface area contributed by atoms with Crippen LogP contribution in [0.4, 0.5) is 5.69 Å². The molecule has 0 saturated carbocycles. The van der Waals surface area contributed by atoms with Gasteiger partial charge in [0.2, 0.25) is 0 Å². The first-order valence-corrected chi connectivity index (χ1v) is 9.63. The molecule has 0 saturated heterocycles. The fraction of sp³-hybridized carbons (Fsp3) is 0.105. The second kappa shape index (κ2) is 8.43. The average molecular weight is 381 g/mol. The summed E-state index contributed by atoms with van der Waals surface area (Å²) in [7, 11) is 0. The molecule has 0 aliphatic heterocycles. The van der Waals surface area contributed by atoms with Gasteiger partial charge in [0, 0.05) is 21.9 Å². The van der Waals surface area contributed by atoms with Gasteiger partial charge in [0.25, 0.3) is 0 Å². The first kappa shape index (κ1) is 17.9. The summed E-state index contributed by atoms with van der Waals surface area (Å²) in [5, 5.41) is 18.2. The van der Waals surface area contributed by atoms with Crippen molar-refractivity contribution >= 4 is 40.2 Å². The van der Waals surface area contributed by atoms with Crippen LogP contribution in [0.1, 0.15) is 10.4 Å². The van der Waals surface area contributed by atoms with Crippen LogP contribution in [-0.4, -0.2) is 18.4 Å². The number of rotatable bonds is 5. The number of carbonyl (C=O) groups excluding carboxylic acids is 2. The summed E-state index contributed by atoms with van der Waals surface area (Å²) in [6.07, 6.45) is 0.655. The summed E-state index contributed by atoms with van der Waals surface area (Å²) in [6.45, 7) is 0.371. The number of thiophene rings is 2. The van der Waals surface area contributed by atoms with Crippen LogP contribution in [0.5, 0.6) is 0 Å². The molecule has 2 N–H and O–H groups in total. The monoisotopic (exact) mass is 381 g/mol. The largest absolute Gasteiger partial charge is 0.347 e. The van der Waals surface area contributed by atoms with Gasteiger partial charge in [-0.2, -0.15) is 16.6 Å². The molecular weight excluding hydrogens is 366 g/mol. The molecule has 0 fully saturated rings. The number of nitrogens with zero attached hydrogens (tertiary/aromatic N) is 1. The Kier molecular flexibility index (Phi) is 5.79. The Hall–Kier alpha value is -2.95. The van der Waals surface area contributed by atoms with E-state index in [1.54, 1.807) is 46.9 Å². The minimum atomic E-state index is -0.780. The van der Waals surface area contributed by atoms with E-state index in [1.165, 1.54) is 10.4 Å². The summed E-state index contributed by atoms with van der Waals surface area (Å²) in [6, 6.07) is 14.7. The van der Waals surface area contributed by atoms with Gasteiger partial charge in [0.1, 0.15) is 6.07 Å². The molecule has 2 aromatic heterocycles. The van der Waals surface area contributed by atoms with Crippen molar-refractivity contribution in [2.45, 2.75) is 6.42 Å². The van der Waals surface area contributed by atoms with Gasteiger partial charge >= 0.3 is 11.8 Å². The van der Waals surface area contributed by atoms with E-state index in [0.29, 0.717) is 24.2 Å². The van der Waals surface area contributed by atoms with Crippen LogP contribution in [0.15, 0.2) is 53.2 Å². The van der Waals surface area contributed by atoms with Gasteiger partial charge in [-0.15, -0.1) is 11.3 Å². The molecular formula is C19H15N3O2S2. The van der Waals surface area contributed by atoms with E-state index in [9.17, 15) is 9.59 Å². The van der Waals surface area contributed by atoms with Crippen molar-refractivity contribution in [1.29, 1.82) is 5.26 Å². The number of carbonyl (C=O) groups is 2. The predicted octanol–water partition coefficient (Wildman–Crippen LogP) is 3.65. The van der Waals surface area contributed by atoms with Crippen molar-refractivity contribution in [1.82, 2.24) is 5.32 Å². The maximum absolute atomic E-state index is 12.0. The molecule has 0 aliphatic rings. The number of nitriles is 1. The molecule has 7 heteroatoms. The second-order valence-corrected chi connectivity index (χ2v) is 7.34. The van der Waals surface area contributed by atoms with Crippen LogP contribution in [0.3, 0.4) is 0 Å². The topological polar surface area (TPSA) is 82.0 Å². The molecule has 130 valence electrons. The van der Waals surface area contributed by atoms with Gasteiger partial charge in [0.05, 0.1) is 11.3 Å². The number of para-hydroxylation sites is 1. The highest BCUT2D eigenvalue weighted by molar-refractivity contribution is 7.16. The van der Waals surface area contributed by atoms with Crippen LogP contribution in [-0.2, 0) is 16.0 Å². The Labute approximate surface area is 158 Å². The van der Waals surface area contributed by atoms with Crippen molar-refractivity contribution in [2.75, 3.05) is 11.9 Å². The highest BCUT2D eigenvalue weighted by Crippen LogP contribution is 2.29. The van der Waals surface area contributed by atoms with E-state index in [1.807, 2.05) is 17.5 Å². The van der Waals surface area contributed by atoms with Crippen LogP contribution in [0, 0.1) is 11.3 Å². The molecule has 3 rings (SSSR count). The summed E-state index contributed by atoms with van der Waals surface area (Å²) < 4.78 is 0. The maximum Gasteiger partial charge on any atom is 0.313 e. The quantitative estimate of drug-likeness (QED) is 0.662. The highest BCUT2D eigenvalue weighted by Gasteiger charge is 2.15. The van der Waals surface area contributed by atoms with E-state index >= 15 is 0 Å². The Morgan fingerprint density at radius 3 is 2.69 bits per heavy atom. The molecule has 0 radical (unpaired) electrons. The average Bonchev–Trinajstić information content (AvgIpc) is 3.33. The van der Waals surface area contributed by atoms with Crippen LogP contribution >= 0.6 is 22.7 Å². The number of amides is 2. The molecule has 5 nitrogen and oxygen atoms in total. The van der Waals surface area contributed by atoms with Gasteiger partial charge < -0.3 is 10.6 Å². The molecule has 26 heavy (non-hydrogen) atoms. The van der Waals surface area contributed by atoms with E-state index in [2.05, 4.69) is 28.1 Å². The third kappa shape index (κ3) is 4.36. The van der Waals surface area contributed by atoms with Gasteiger partial charge in [0.15, 0.2) is 0 Å². The molecule has 0 bridgehead atoms. The van der Waals surface area contributed by atoms with Gasteiger partial charge in [-0.3, -0.25) is 9.59 Å². The Bertz CT molecular complexity index is 955. The number of benzene rings is 1. The molecule has 2 heterocycles. The fourth-order valence-electron chi connectivity index (χ4n) is 2.32. The Balaban J connectivity index is 1.49. The van der Waals surface area contributed by atoms with Crippen molar-refractivity contribution in [3.05, 3.63) is 63.7 Å². The van der Waals surface area contributed by atoms with E-state index in [4.69, 9.17) is 5.26 Å². The zero-order valence-corrected chi connectivity index (χ0v) is 15.3. The first-order chi connectivity index (χ1) is 12.7. The molecule has 1 aromatic carbocycles. The van der Waals surface area contributed by atoms with Crippen molar-refractivity contribution in [3.8, 4) is 16.5 Å². The van der Waals surface area contributed by atoms with Gasteiger partial charge in [-0.1, -0.05) is 12.1 Å². The highest BCUT2D eigenvalue weighted by atomic mass is 32.1. The number of anilines is 1. The SMILES string of the molecule is N#Cc1ccccc1NC(=O)C(=O)NCCc1ccc(-c2ccsc2)s1. The molecule has 0 aliphatic carbocycles. The number of nitrogens with one attached hydrogen (secondary N) is 2. The van der Waals surface area contributed by atoms with Crippen LogP contribution < -0.4 is 10.6 Å². The molecule has 0 atom stereocenters. The van der Waals surface area contributed by atoms with Crippen molar-refractivity contribution < 1.29 is 9.59 Å². The van der Waals surface area contributed by atoms with Crippen molar-refractivity contribution in [2.24, 2.45) is 0 Å². The maximum atomic E-state index is 12.0. The molecule has 0 spiro atoms. The lowest BCUT2D eigenvalue weighted by Gasteiger charge is -2.07. The third-order valence-electron chi connectivity index (χ3n) is 3.63. The number of hydrogen-bond acceptors (Lipinski definition) is 5. The molecule has 2 amide bonds. The number of hydrogen-bond donors (Lipinski definition) is 2. The van der Waals surface area contributed by atoms with Crippen LogP contribution in [0.25, 0.3) is 10.4 Å².